The summed E-state index contributed by atoms with van der Waals surface area (Å²) in [7, 11) is 0. The van der Waals surface area contributed by atoms with Crippen molar-refractivity contribution < 1.29 is 13.9 Å². The molecule has 2 aromatic rings. The summed E-state index contributed by atoms with van der Waals surface area (Å²) >= 11 is 1.25. The molecule has 0 atom stereocenters. The van der Waals surface area contributed by atoms with Crippen molar-refractivity contribution in [2.45, 2.75) is 6.92 Å². The first kappa shape index (κ1) is 14.2. The van der Waals surface area contributed by atoms with E-state index in [-0.39, 0.29) is 18.1 Å². The van der Waals surface area contributed by atoms with Crippen LogP contribution in [0.15, 0.2) is 36.2 Å². The second-order valence-electron chi connectivity index (χ2n) is 3.87. The van der Waals surface area contributed by atoms with Crippen LogP contribution in [0.1, 0.15) is 11.8 Å². The van der Waals surface area contributed by atoms with Crippen LogP contribution in [-0.4, -0.2) is 17.6 Å². The molecule has 0 spiro atoms. The summed E-state index contributed by atoms with van der Waals surface area (Å²) in [5, 5.41) is 0.533. The van der Waals surface area contributed by atoms with E-state index in [9.17, 15) is 9.18 Å². The first-order valence-electron chi connectivity index (χ1n) is 5.97. The molecule has 0 radical (unpaired) electrons. The third kappa shape index (κ3) is 3.21. The van der Waals surface area contributed by atoms with Gasteiger partial charge in [-0.15, -0.1) is 11.3 Å². The molecule has 1 aromatic heterocycles. The second kappa shape index (κ2) is 6.29. The van der Waals surface area contributed by atoms with Gasteiger partial charge in [0.15, 0.2) is 0 Å². The monoisotopic (exact) mass is 292 g/mol. The van der Waals surface area contributed by atoms with Crippen LogP contribution >= 0.6 is 11.3 Å². The Morgan fingerprint density at radius 2 is 2.25 bits per heavy atom. The van der Waals surface area contributed by atoms with Gasteiger partial charge in [0.1, 0.15) is 16.5 Å². The number of benzene rings is 1. The van der Waals surface area contributed by atoms with Gasteiger partial charge in [0.2, 0.25) is 0 Å². The highest BCUT2D eigenvalue weighted by atomic mass is 32.1. The number of hydrogen-bond donors (Lipinski definition) is 1. The van der Waals surface area contributed by atoms with Gasteiger partial charge in [-0.1, -0.05) is 12.1 Å². The lowest BCUT2D eigenvalue weighted by Gasteiger charge is -1.99. The van der Waals surface area contributed by atoms with Crippen LogP contribution in [0.3, 0.4) is 0 Å². The second-order valence-corrected chi connectivity index (χ2v) is 4.93. The Hall–Kier alpha value is -2.21. The predicted octanol–water partition coefficient (Wildman–Crippen LogP) is 2.81. The highest BCUT2D eigenvalue weighted by Gasteiger charge is 2.10. The molecular formula is C14H13FN2O2S. The molecule has 1 aromatic carbocycles. The Bertz CT molecular complexity index is 652. The largest absolute Gasteiger partial charge is 0.461 e. The number of carbonyl (C=O) groups excluding carboxylic acids is 1. The molecule has 0 fully saturated rings. The Kier molecular flexibility index (Phi) is 4.47. The lowest BCUT2D eigenvalue weighted by atomic mass is 10.2. The summed E-state index contributed by atoms with van der Waals surface area (Å²) in [5.74, 6) is -0.913. The van der Waals surface area contributed by atoms with Crippen LogP contribution in [0.5, 0.6) is 0 Å². The van der Waals surface area contributed by atoms with E-state index < -0.39 is 5.97 Å². The number of thiazole rings is 1. The van der Waals surface area contributed by atoms with Crippen LogP contribution in [0.25, 0.3) is 16.6 Å². The van der Waals surface area contributed by atoms with Crippen molar-refractivity contribution in [3.8, 4) is 10.6 Å². The fourth-order valence-corrected chi connectivity index (χ4v) is 2.43. The Balaban J connectivity index is 2.24. The van der Waals surface area contributed by atoms with Gasteiger partial charge in [-0.25, -0.2) is 14.2 Å². The van der Waals surface area contributed by atoms with Crippen LogP contribution in [-0.2, 0) is 9.53 Å². The first-order chi connectivity index (χ1) is 9.61. The average molecular weight is 292 g/mol. The number of carbonyl (C=O) groups is 1. The van der Waals surface area contributed by atoms with Crippen molar-refractivity contribution in [1.82, 2.24) is 4.98 Å². The molecule has 1 heterocycles. The maximum atomic E-state index is 13.6. The molecule has 20 heavy (non-hydrogen) atoms. The summed E-state index contributed by atoms with van der Waals surface area (Å²) in [6, 6.07) is 6.38. The molecule has 6 heteroatoms. The molecule has 0 saturated heterocycles. The van der Waals surface area contributed by atoms with E-state index in [0.29, 0.717) is 15.4 Å². The van der Waals surface area contributed by atoms with Crippen LogP contribution in [0, 0.1) is 5.82 Å². The van der Waals surface area contributed by atoms with Crippen molar-refractivity contribution in [3.05, 3.63) is 46.9 Å². The van der Waals surface area contributed by atoms with Crippen LogP contribution in [0.4, 0.5) is 4.39 Å². The average Bonchev–Trinajstić information content (AvgIpc) is 2.87. The molecule has 0 bridgehead atoms. The molecule has 4 nitrogen and oxygen atoms in total. The van der Waals surface area contributed by atoms with Gasteiger partial charge < -0.3 is 10.5 Å². The quantitative estimate of drug-likeness (QED) is 0.695. The van der Waals surface area contributed by atoms with Crippen LogP contribution < -0.4 is 5.73 Å². The number of nitrogens with two attached hydrogens (primary N) is 1. The zero-order valence-electron chi connectivity index (χ0n) is 10.8. The molecule has 0 amide bonds. The standard InChI is InChI=1S/C14H13FN2O2S/c1-2-19-14(18)12(16)7-9-8-17-13(20-9)10-5-3-4-6-11(10)15/h3-8H,2,16H2,1H3/b12-7-. The number of rotatable bonds is 4. The van der Waals surface area contributed by atoms with Crippen molar-refractivity contribution in [1.29, 1.82) is 0 Å². The van der Waals surface area contributed by atoms with Gasteiger partial charge >= 0.3 is 5.97 Å². The molecule has 0 saturated carbocycles. The smallest absolute Gasteiger partial charge is 0.354 e. The molecular weight excluding hydrogens is 279 g/mol. The zero-order chi connectivity index (χ0) is 14.5. The Morgan fingerprint density at radius 3 is 2.95 bits per heavy atom. The van der Waals surface area contributed by atoms with E-state index in [1.54, 1.807) is 31.3 Å². The molecule has 0 aliphatic rings. The summed E-state index contributed by atoms with van der Waals surface area (Å²) in [5.41, 5.74) is 6.02. The summed E-state index contributed by atoms with van der Waals surface area (Å²) in [6.45, 7) is 1.96. The van der Waals surface area contributed by atoms with Crippen LogP contribution in [0.2, 0.25) is 0 Å². The summed E-state index contributed by atoms with van der Waals surface area (Å²) in [4.78, 5) is 16.2. The highest BCUT2D eigenvalue weighted by molar-refractivity contribution is 7.15. The molecule has 0 unspecified atom stereocenters. The van der Waals surface area contributed by atoms with E-state index in [2.05, 4.69) is 4.98 Å². The van der Waals surface area contributed by atoms with Crippen molar-refractivity contribution in [2.75, 3.05) is 6.61 Å². The van der Waals surface area contributed by atoms with Gasteiger partial charge in [0, 0.05) is 16.6 Å². The first-order valence-corrected chi connectivity index (χ1v) is 6.78. The van der Waals surface area contributed by atoms with Gasteiger partial charge in [0.25, 0.3) is 0 Å². The van der Waals surface area contributed by atoms with E-state index in [0.717, 1.165) is 0 Å². The minimum Gasteiger partial charge on any atom is -0.461 e. The number of aromatic nitrogens is 1. The maximum absolute atomic E-state index is 13.6. The number of ether oxygens (including phenoxy) is 1. The normalized spacial score (nSPS) is 11.4. The minimum absolute atomic E-state index is 0.00409. The Morgan fingerprint density at radius 1 is 1.50 bits per heavy atom. The minimum atomic E-state index is -0.576. The number of hydrogen-bond acceptors (Lipinski definition) is 5. The van der Waals surface area contributed by atoms with E-state index in [1.165, 1.54) is 23.5 Å². The summed E-state index contributed by atoms with van der Waals surface area (Å²) in [6.07, 6.45) is 3.01. The van der Waals surface area contributed by atoms with Gasteiger partial charge in [-0.05, 0) is 25.1 Å². The topological polar surface area (TPSA) is 65.2 Å². The number of nitrogens with zero attached hydrogens (tertiary/aromatic N) is 1. The van der Waals surface area contributed by atoms with E-state index >= 15 is 0 Å². The van der Waals surface area contributed by atoms with Gasteiger partial charge in [-0.3, -0.25) is 0 Å². The lowest BCUT2D eigenvalue weighted by Crippen LogP contribution is -2.14. The molecule has 0 aliphatic carbocycles. The number of halogens is 1. The van der Waals surface area contributed by atoms with Crippen molar-refractivity contribution >= 4 is 23.4 Å². The summed E-state index contributed by atoms with van der Waals surface area (Å²) < 4.78 is 18.4. The third-order valence-corrected chi connectivity index (χ3v) is 3.41. The zero-order valence-corrected chi connectivity index (χ0v) is 11.6. The van der Waals surface area contributed by atoms with Gasteiger partial charge in [-0.2, -0.15) is 0 Å². The van der Waals surface area contributed by atoms with Crippen molar-refractivity contribution in [3.63, 3.8) is 0 Å². The predicted molar refractivity (Wildman–Crippen MR) is 76.3 cm³/mol. The Labute approximate surface area is 119 Å². The van der Waals surface area contributed by atoms with E-state index in [1.807, 2.05) is 0 Å². The fraction of sp³-hybridized carbons (Fsp3) is 0.143. The van der Waals surface area contributed by atoms with Crippen molar-refractivity contribution in [2.24, 2.45) is 5.73 Å². The molecule has 2 N–H and O–H groups in total. The third-order valence-electron chi connectivity index (χ3n) is 2.44. The maximum Gasteiger partial charge on any atom is 0.354 e. The van der Waals surface area contributed by atoms with Gasteiger partial charge in [0.05, 0.1) is 6.61 Å². The van der Waals surface area contributed by atoms with E-state index in [4.69, 9.17) is 10.5 Å². The fourth-order valence-electron chi connectivity index (χ4n) is 1.54. The SMILES string of the molecule is CCOC(=O)/C(N)=C/c1cnc(-c2ccccc2F)s1. The number of esters is 1. The lowest BCUT2D eigenvalue weighted by molar-refractivity contribution is -0.138. The molecule has 104 valence electrons. The molecule has 0 aliphatic heterocycles. The molecule has 2 rings (SSSR count). The highest BCUT2D eigenvalue weighted by Crippen LogP contribution is 2.28.